The van der Waals surface area contributed by atoms with Crippen molar-refractivity contribution in [2.75, 3.05) is 0 Å². The summed E-state index contributed by atoms with van der Waals surface area (Å²) in [5.74, 6) is -0.684. The molecule has 1 saturated carbocycles. The molecule has 4 unspecified atom stereocenters. The van der Waals surface area contributed by atoms with Gasteiger partial charge in [-0.15, -0.1) is 23.2 Å². The fraction of sp³-hybridized carbons (Fsp3) is 0.238. The predicted molar refractivity (Wildman–Crippen MR) is 122 cm³/mol. The van der Waals surface area contributed by atoms with E-state index in [4.69, 9.17) is 81.2 Å². The van der Waals surface area contributed by atoms with E-state index < -0.39 is 14.1 Å². The van der Waals surface area contributed by atoms with Gasteiger partial charge in [-0.1, -0.05) is 94.4 Å². The molecule has 1 fully saturated rings. The first-order valence-corrected chi connectivity index (χ1v) is 11.3. The molecule has 6 rings (SSSR count). The Labute approximate surface area is 196 Å². The van der Waals surface area contributed by atoms with Crippen LogP contribution in [0.5, 0.6) is 0 Å². The minimum Gasteiger partial charge on any atom is -0.109 e. The zero-order valence-electron chi connectivity index (χ0n) is 13.8. The average Bonchev–Trinajstić information content (AvgIpc) is 2.88. The third-order valence-corrected chi connectivity index (χ3v) is 11.2. The van der Waals surface area contributed by atoms with Gasteiger partial charge in [-0.05, 0) is 33.4 Å². The third kappa shape index (κ3) is 1.68. The van der Waals surface area contributed by atoms with E-state index >= 15 is 0 Å². The van der Waals surface area contributed by atoms with Gasteiger partial charge in [0, 0.05) is 22.2 Å². The lowest BCUT2D eigenvalue weighted by molar-refractivity contribution is 0.529. The fourth-order valence-electron chi connectivity index (χ4n) is 5.55. The van der Waals surface area contributed by atoms with Crippen LogP contribution in [0.1, 0.15) is 23.0 Å². The zero-order chi connectivity index (χ0) is 19.8. The molecule has 0 spiro atoms. The Hall–Kier alpha value is -0.0500. The highest BCUT2D eigenvalue weighted by Crippen LogP contribution is 2.81. The van der Waals surface area contributed by atoms with Crippen LogP contribution >= 0.6 is 81.2 Å². The van der Waals surface area contributed by atoms with Gasteiger partial charge in [-0.25, -0.2) is 0 Å². The van der Waals surface area contributed by atoms with Crippen LogP contribution in [-0.2, 0) is 0 Å². The molecule has 3 aromatic carbocycles. The number of rotatable bonds is 0. The van der Waals surface area contributed by atoms with Crippen LogP contribution in [0.4, 0.5) is 0 Å². The Balaban J connectivity index is 1.88. The van der Waals surface area contributed by atoms with Crippen molar-refractivity contribution in [3.05, 3.63) is 68.7 Å². The Bertz CT molecular complexity index is 1280. The summed E-state index contributed by atoms with van der Waals surface area (Å²) in [4.78, 5) is -2.69. The van der Waals surface area contributed by atoms with Crippen LogP contribution in [0.25, 0.3) is 21.5 Å². The van der Waals surface area contributed by atoms with E-state index in [1.165, 1.54) is 0 Å². The van der Waals surface area contributed by atoms with Crippen LogP contribution < -0.4 is 0 Å². The summed E-state index contributed by atoms with van der Waals surface area (Å²) in [5.41, 5.74) is 1.99. The molecule has 0 saturated heterocycles. The lowest BCUT2D eigenvalue weighted by Crippen LogP contribution is -2.44. The summed E-state index contributed by atoms with van der Waals surface area (Å²) in [5, 5.41) is 5.20. The van der Waals surface area contributed by atoms with Crippen LogP contribution in [0.15, 0.2) is 52.5 Å². The second kappa shape index (κ2) is 5.40. The molecule has 0 radical (unpaired) electrons. The Kier molecular flexibility index (Phi) is 3.61. The van der Waals surface area contributed by atoms with Crippen molar-refractivity contribution in [1.82, 2.24) is 0 Å². The smallest absolute Gasteiger partial charge is 0.109 e. The number of allylic oxidation sites excluding steroid dienone is 2. The first-order chi connectivity index (χ1) is 13.2. The molecule has 7 heteroatoms. The van der Waals surface area contributed by atoms with E-state index in [0.717, 1.165) is 32.7 Å². The fourth-order valence-corrected chi connectivity index (χ4v) is 8.80. The molecule has 28 heavy (non-hydrogen) atoms. The number of fused-ring (bicyclic) bond motifs is 7. The van der Waals surface area contributed by atoms with Gasteiger partial charge in [0.1, 0.15) is 9.75 Å². The van der Waals surface area contributed by atoms with Crippen molar-refractivity contribution in [3.63, 3.8) is 0 Å². The van der Waals surface area contributed by atoms with E-state index in [9.17, 15) is 0 Å². The highest BCUT2D eigenvalue weighted by molar-refractivity contribution is 6.66. The molecule has 3 aliphatic carbocycles. The largest absolute Gasteiger partial charge is 0.167 e. The third-order valence-electron chi connectivity index (χ3n) is 6.62. The van der Waals surface area contributed by atoms with Gasteiger partial charge in [0.2, 0.25) is 0 Å². The molecule has 142 valence electrons. The molecule has 0 amide bonds. The van der Waals surface area contributed by atoms with Crippen molar-refractivity contribution < 1.29 is 0 Å². The molecule has 0 aliphatic heterocycles. The first-order valence-electron chi connectivity index (χ1n) is 8.63. The topological polar surface area (TPSA) is 0 Å². The van der Waals surface area contributed by atoms with Gasteiger partial charge >= 0.3 is 0 Å². The summed E-state index contributed by atoms with van der Waals surface area (Å²) >= 11 is 48.0. The predicted octanol–water partition coefficient (Wildman–Crippen LogP) is 8.67. The molecule has 0 heterocycles. The van der Waals surface area contributed by atoms with Crippen LogP contribution in [-0.4, -0.2) is 14.1 Å². The van der Waals surface area contributed by atoms with E-state index in [-0.39, 0.29) is 21.9 Å². The Morgan fingerprint density at radius 3 is 1.82 bits per heavy atom. The van der Waals surface area contributed by atoms with Gasteiger partial charge < -0.3 is 0 Å². The zero-order valence-corrected chi connectivity index (χ0v) is 19.1. The standard InChI is InChI=1S/C21H9Cl7/c22-12-7-8-3-1-5-10-13(8)14-9(12)4-2-6-11(14)16-15(10)19(25)17(23)18(24)20(16,26)21(19,27)28/h1-7,15-16H. The van der Waals surface area contributed by atoms with Crippen molar-refractivity contribution in [1.29, 1.82) is 0 Å². The Morgan fingerprint density at radius 1 is 0.679 bits per heavy atom. The molecule has 3 aliphatic rings. The maximum Gasteiger partial charge on any atom is 0.167 e. The number of halogens is 7. The highest BCUT2D eigenvalue weighted by atomic mass is 35.5. The van der Waals surface area contributed by atoms with Gasteiger partial charge in [-0.2, -0.15) is 0 Å². The van der Waals surface area contributed by atoms with Gasteiger partial charge in [0.15, 0.2) is 4.33 Å². The monoisotopic (exact) mass is 506 g/mol. The summed E-state index contributed by atoms with van der Waals surface area (Å²) in [6, 6.07) is 14.0. The number of alkyl halides is 4. The van der Waals surface area contributed by atoms with E-state index in [1.54, 1.807) is 0 Å². The first kappa shape index (κ1) is 18.7. The SMILES string of the molecule is ClC1=C(Cl)C2(Cl)C3c4cccc5c(Cl)cc6cccc(c6c45)C3C1(Cl)C2(Cl)Cl. The molecule has 0 aromatic heterocycles. The minimum absolute atomic E-state index is 0.215. The number of hydrogen-bond donors (Lipinski definition) is 0. The number of benzene rings is 3. The lowest BCUT2D eigenvalue weighted by atomic mass is 9.68. The molecular formula is C21H9Cl7. The summed E-state index contributed by atoms with van der Waals surface area (Å²) in [6.45, 7) is 0. The van der Waals surface area contributed by atoms with E-state index in [1.807, 2.05) is 42.5 Å². The minimum atomic E-state index is -1.59. The maximum absolute atomic E-state index is 7.17. The van der Waals surface area contributed by atoms with E-state index in [0.29, 0.717) is 5.02 Å². The quantitative estimate of drug-likeness (QED) is 0.210. The van der Waals surface area contributed by atoms with Gasteiger partial charge in [-0.3, -0.25) is 0 Å². The summed E-state index contributed by atoms with van der Waals surface area (Å²) in [7, 11) is 0. The number of hydrogen-bond acceptors (Lipinski definition) is 0. The maximum atomic E-state index is 7.17. The second-order valence-electron chi connectivity index (χ2n) is 7.65. The van der Waals surface area contributed by atoms with E-state index in [2.05, 4.69) is 0 Å². The van der Waals surface area contributed by atoms with Crippen molar-refractivity contribution in [3.8, 4) is 0 Å². The van der Waals surface area contributed by atoms with Crippen LogP contribution in [0.2, 0.25) is 5.02 Å². The van der Waals surface area contributed by atoms with Gasteiger partial charge in [0.05, 0.1) is 10.1 Å². The molecule has 0 nitrogen and oxygen atoms in total. The highest BCUT2D eigenvalue weighted by Gasteiger charge is 2.83. The molecule has 3 aromatic rings. The lowest BCUT2D eigenvalue weighted by Gasteiger charge is -2.41. The molecule has 2 bridgehead atoms. The van der Waals surface area contributed by atoms with Gasteiger partial charge in [0.25, 0.3) is 0 Å². The van der Waals surface area contributed by atoms with Crippen molar-refractivity contribution >= 4 is 103 Å². The molecule has 4 atom stereocenters. The van der Waals surface area contributed by atoms with Crippen molar-refractivity contribution in [2.24, 2.45) is 0 Å². The molecular weight excluding hydrogens is 500 g/mol. The van der Waals surface area contributed by atoms with Crippen molar-refractivity contribution in [2.45, 2.75) is 25.9 Å². The molecule has 0 N–H and O–H groups in total. The summed E-state index contributed by atoms with van der Waals surface area (Å²) < 4.78 is -1.59. The van der Waals surface area contributed by atoms with Crippen LogP contribution in [0.3, 0.4) is 0 Å². The average molecular weight is 509 g/mol. The Morgan fingerprint density at radius 2 is 1.21 bits per heavy atom. The van der Waals surface area contributed by atoms with Crippen LogP contribution in [0, 0.1) is 0 Å². The normalized spacial score (nSPS) is 34.7. The summed E-state index contributed by atoms with van der Waals surface area (Å²) in [6.07, 6.45) is 0. The second-order valence-corrected chi connectivity index (χ2v) is 11.3.